The fourth-order valence-corrected chi connectivity index (χ4v) is 2.87. The van der Waals surface area contributed by atoms with E-state index in [4.69, 9.17) is 5.11 Å². The van der Waals surface area contributed by atoms with E-state index in [1.807, 2.05) is 6.07 Å². The van der Waals surface area contributed by atoms with Crippen molar-refractivity contribution >= 4 is 28.8 Å². The van der Waals surface area contributed by atoms with E-state index in [-0.39, 0.29) is 5.75 Å². The number of fused-ring (bicyclic) bond motifs is 1. The number of pyridine rings is 1. The van der Waals surface area contributed by atoms with E-state index in [2.05, 4.69) is 33.5 Å². The van der Waals surface area contributed by atoms with Gasteiger partial charge in [-0.05, 0) is 39.5 Å². The van der Waals surface area contributed by atoms with Gasteiger partial charge in [-0.3, -0.25) is 9.78 Å². The van der Waals surface area contributed by atoms with Crippen LogP contribution in [0, 0.1) is 0 Å². The van der Waals surface area contributed by atoms with Gasteiger partial charge in [-0.25, -0.2) is 4.98 Å². The molecule has 0 aliphatic rings. The maximum atomic E-state index is 10.8. The lowest BCUT2D eigenvalue weighted by molar-refractivity contribution is -0.133. The second-order valence-corrected chi connectivity index (χ2v) is 6.05. The Morgan fingerprint density at radius 1 is 1.43 bits per heavy atom. The lowest BCUT2D eigenvalue weighted by Gasteiger charge is -2.11. The van der Waals surface area contributed by atoms with E-state index in [1.165, 1.54) is 11.8 Å². The number of thioether (sulfide) groups is 1. The molecule has 0 amide bonds. The quantitative estimate of drug-likeness (QED) is 0.594. The minimum atomic E-state index is -0.829. The number of imidazole rings is 1. The van der Waals surface area contributed by atoms with E-state index >= 15 is 0 Å². The molecule has 0 atom stereocenters. The highest BCUT2D eigenvalue weighted by Gasteiger charge is 2.12. The number of rotatable bonds is 8. The standard InChI is InChI=1S/C14H20N4O2S/c1-17(2)7-3-4-8-18-12-5-6-15-9-11(12)16-14(18)21-10-13(19)20/h5-6,9H,3-4,7-8,10H2,1-2H3,(H,19,20). The molecule has 2 rings (SSSR count). The molecule has 6 nitrogen and oxygen atoms in total. The maximum absolute atomic E-state index is 10.8. The third-order valence-electron chi connectivity index (χ3n) is 3.08. The molecule has 0 saturated heterocycles. The van der Waals surface area contributed by atoms with Crippen LogP contribution in [0.2, 0.25) is 0 Å². The van der Waals surface area contributed by atoms with Crippen LogP contribution in [0.25, 0.3) is 11.0 Å². The molecule has 7 heteroatoms. The normalized spacial score (nSPS) is 11.4. The fraction of sp³-hybridized carbons (Fsp3) is 0.500. The summed E-state index contributed by atoms with van der Waals surface area (Å²) >= 11 is 1.26. The van der Waals surface area contributed by atoms with Crippen molar-refractivity contribution < 1.29 is 9.90 Å². The van der Waals surface area contributed by atoms with Crippen molar-refractivity contribution in [2.75, 3.05) is 26.4 Å². The van der Waals surface area contributed by atoms with Gasteiger partial charge in [0.05, 0.1) is 17.5 Å². The highest BCUT2D eigenvalue weighted by molar-refractivity contribution is 7.99. The van der Waals surface area contributed by atoms with Crippen LogP contribution >= 0.6 is 11.8 Å². The summed E-state index contributed by atoms with van der Waals surface area (Å²) in [5, 5.41) is 9.59. The highest BCUT2D eigenvalue weighted by atomic mass is 32.2. The number of hydrogen-bond acceptors (Lipinski definition) is 5. The van der Waals surface area contributed by atoms with Gasteiger partial charge < -0.3 is 14.6 Å². The number of nitrogens with zero attached hydrogens (tertiary/aromatic N) is 4. The maximum Gasteiger partial charge on any atom is 0.313 e. The van der Waals surface area contributed by atoms with Crippen LogP contribution < -0.4 is 0 Å². The summed E-state index contributed by atoms with van der Waals surface area (Å²) in [5.41, 5.74) is 1.83. The molecule has 0 unspecified atom stereocenters. The molecule has 0 radical (unpaired) electrons. The van der Waals surface area contributed by atoms with E-state index in [1.54, 1.807) is 12.4 Å². The van der Waals surface area contributed by atoms with Crippen LogP contribution in [0.15, 0.2) is 23.6 Å². The number of carbonyl (C=O) groups is 1. The van der Waals surface area contributed by atoms with E-state index in [0.717, 1.165) is 42.1 Å². The smallest absolute Gasteiger partial charge is 0.313 e. The van der Waals surface area contributed by atoms with Crippen LogP contribution in [0.1, 0.15) is 12.8 Å². The first-order chi connectivity index (χ1) is 10.1. The van der Waals surface area contributed by atoms with Crippen molar-refractivity contribution in [1.82, 2.24) is 19.4 Å². The molecule has 0 bridgehead atoms. The zero-order valence-corrected chi connectivity index (χ0v) is 13.1. The Bertz CT molecular complexity index is 612. The van der Waals surface area contributed by atoms with E-state index < -0.39 is 5.97 Å². The van der Waals surface area contributed by atoms with E-state index in [0.29, 0.717) is 0 Å². The van der Waals surface area contributed by atoms with Gasteiger partial charge in [0.1, 0.15) is 5.52 Å². The van der Waals surface area contributed by atoms with Gasteiger partial charge in [-0.1, -0.05) is 11.8 Å². The number of unbranched alkanes of at least 4 members (excludes halogenated alkanes) is 1. The predicted molar refractivity (Wildman–Crippen MR) is 83.7 cm³/mol. The Morgan fingerprint density at radius 3 is 2.95 bits per heavy atom. The second kappa shape index (κ2) is 7.42. The predicted octanol–water partition coefficient (Wildman–Crippen LogP) is 1.95. The Balaban J connectivity index is 2.13. The second-order valence-electron chi connectivity index (χ2n) is 5.10. The number of aliphatic carboxylic acids is 1. The van der Waals surface area contributed by atoms with Crippen LogP contribution in [0.4, 0.5) is 0 Å². The molecule has 0 aliphatic carbocycles. The third-order valence-corrected chi connectivity index (χ3v) is 4.04. The summed E-state index contributed by atoms with van der Waals surface area (Å²) in [5.74, 6) is -0.807. The van der Waals surface area contributed by atoms with Gasteiger partial charge in [-0.15, -0.1) is 0 Å². The first kappa shape index (κ1) is 15.8. The Hall–Kier alpha value is -1.60. The molecule has 0 spiro atoms. The van der Waals surface area contributed by atoms with Crippen LogP contribution in [0.3, 0.4) is 0 Å². The molecule has 0 aromatic carbocycles. The summed E-state index contributed by atoms with van der Waals surface area (Å²) in [6.07, 6.45) is 5.59. The molecule has 2 aromatic rings. The SMILES string of the molecule is CN(C)CCCCn1c(SCC(=O)O)nc2cnccc21. The minimum absolute atomic E-state index is 0.0223. The molecule has 0 aliphatic heterocycles. The summed E-state index contributed by atoms with van der Waals surface area (Å²) in [6, 6.07) is 1.93. The van der Waals surface area contributed by atoms with Crippen LogP contribution in [0.5, 0.6) is 0 Å². The van der Waals surface area contributed by atoms with Crippen LogP contribution in [-0.2, 0) is 11.3 Å². The van der Waals surface area contributed by atoms with Crippen molar-refractivity contribution in [1.29, 1.82) is 0 Å². The van der Waals surface area contributed by atoms with Gasteiger partial charge >= 0.3 is 5.97 Å². The van der Waals surface area contributed by atoms with Crippen molar-refractivity contribution in [3.8, 4) is 0 Å². The fourth-order valence-electron chi connectivity index (χ4n) is 2.11. The third kappa shape index (κ3) is 4.44. The first-order valence-electron chi connectivity index (χ1n) is 6.87. The molecule has 114 valence electrons. The summed E-state index contributed by atoms with van der Waals surface area (Å²) in [4.78, 5) is 21.5. The van der Waals surface area contributed by atoms with Gasteiger partial charge in [0.2, 0.25) is 0 Å². The average molecular weight is 308 g/mol. The molecular weight excluding hydrogens is 288 g/mol. The van der Waals surface area contributed by atoms with Crippen molar-refractivity contribution in [3.05, 3.63) is 18.5 Å². The highest BCUT2D eigenvalue weighted by Crippen LogP contribution is 2.24. The molecule has 2 aromatic heterocycles. The number of hydrogen-bond donors (Lipinski definition) is 1. The zero-order valence-electron chi connectivity index (χ0n) is 12.3. The zero-order chi connectivity index (χ0) is 15.2. The van der Waals surface area contributed by atoms with Gasteiger partial charge in [0.25, 0.3) is 0 Å². The molecule has 21 heavy (non-hydrogen) atoms. The summed E-state index contributed by atoms with van der Waals surface area (Å²) in [7, 11) is 4.12. The number of aromatic nitrogens is 3. The molecule has 1 N–H and O–H groups in total. The Labute approximate surface area is 128 Å². The lowest BCUT2D eigenvalue weighted by Crippen LogP contribution is -2.13. The van der Waals surface area contributed by atoms with E-state index in [9.17, 15) is 4.79 Å². The molecule has 0 fully saturated rings. The van der Waals surface area contributed by atoms with Gasteiger partial charge in [-0.2, -0.15) is 0 Å². The van der Waals surface area contributed by atoms with Crippen molar-refractivity contribution in [2.24, 2.45) is 0 Å². The topological polar surface area (TPSA) is 71.2 Å². The monoisotopic (exact) mass is 308 g/mol. The Kier molecular flexibility index (Phi) is 5.58. The summed E-state index contributed by atoms with van der Waals surface area (Å²) < 4.78 is 2.10. The number of carboxylic acid groups (broad SMARTS) is 1. The number of carboxylic acids is 1. The largest absolute Gasteiger partial charge is 0.481 e. The molecular formula is C14H20N4O2S. The van der Waals surface area contributed by atoms with Gasteiger partial charge in [0.15, 0.2) is 5.16 Å². The van der Waals surface area contributed by atoms with Crippen molar-refractivity contribution in [3.63, 3.8) is 0 Å². The number of aryl methyl sites for hydroxylation is 1. The first-order valence-corrected chi connectivity index (χ1v) is 7.86. The van der Waals surface area contributed by atoms with Crippen molar-refractivity contribution in [2.45, 2.75) is 24.5 Å². The molecule has 2 heterocycles. The average Bonchev–Trinajstić information content (AvgIpc) is 2.79. The van der Waals surface area contributed by atoms with Gasteiger partial charge in [0, 0.05) is 12.7 Å². The van der Waals surface area contributed by atoms with Crippen LogP contribution in [-0.4, -0.2) is 56.9 Å². The summed E-state index contributed by atoms with van der Waals surface area (Å²) in [6.45, 7) is 1.89. The Morgan fingerprint density at radius 2 is 2.24 bits per heavy atom. The minimum Gasteiger partial charge on any atom is -0.481 e. The molecule has 0 saturated carbocycles. The lowest BCUT2D eigenvalue weighted by atomic mass is 10.3.